The summed E-state index contributed by atoms with van der Waals surface area (Å²) in [6, 6.07) is 0. The molecule has 2 heteroatoms. The number of nitrogens with one attached hydrogen (secondary N) is 1. The second kappa shape index (κ2) is 6.41. The zero-order valence-electron chi connectivity index (χ0n) is 11.3. The molecular weight excluding hydrogens is 196 g/mol. The van der Waals surface area contributed by atoms with E-state index in [1.54, 1.807) is 0 Å². The Kier molecular flexibility index (Phi) is 5.50. The second-order valence-corrected chi connectivity index (χ2v) is 5.91. The maximum absolute atomic E-state index is 4.16. The van der Waals surface area contributed by atoms with Crippen LogP contribution in [0, 0.1) is 5.41 Å². The molecule has 1 heterocycles. The molecule has 1 aliphatic heterocycles. The van der Waals surface area contributed by atoms with Gasteiger partial charge >= 0.3 is 0 Å². The zero-order valence-corrected chi connectivity index (χ0v) is 11.3. The number of hydrogen-bond acceptors (Lipinski definition) is 2. The van der Waals surface area contributed by atoms with Gasteiger partial charge in [-0.2, -0.15) is 0 Å². The molecule has 94 valence electrons. The molecule has 1 N–H and O–H groups in total. The lowest BCUT2D eigenvalue weighted by Gasteiger charge is -2.38. The van der Waals surface area contributed by atoms with Gasteiger partial charge in [0.25, 0.3) is 0 Å². The van der Waals surface area contributed by atoms with E-state index >= 15 is 0 Å². The molecule has 0 radical (unpaired) electrons. The minimum atomic E-state index is 0.495. The van der Waals surface area contributed by atoms with E-state index in [0.29, 0.717) is 5.41 Å². The molecule has 0 amide bonds. The smallest absolute Gasteiger partial charge is 0.0203 e. The average Bonchev–Trinajstić information content (AvgIpc) is 2.16. The average molecular weight is 224 g/mol. The molecular formula is C14H28N2. The fourth-order valence-corrected chi connectivity index (χ4v) is 2.49. The molecule has 1 fully saturated rings. The fourth-order valence-electron chi connectivity index (χ4n) is 2.49. The largest absolute Gasteiger partial charge is 0.313 e. The molecule has 1 rings (SSSR count). The van der Waals surface area contributed by atoms with E-state index in [4.69, 9.17) is 0 Å². The highest BCUT2D eigenvalue weighted by Crippen LogP contribution is 2.28. The van der Waals surface area contributed by atoms with Crippen LogP contribution in [0.3, 0.4) is 0 Å². The Bertz CT molecular complexity index is 221. The molecule has 0 aromatic carbocycles. The normalized spacial score (nSPS) is 20.9. The first-order valence-electron chi connectivity index (χ1n) is 6.63. The summed E-state index contributed by atoms with van der Waals surface area (Å²) >= 11 is 0. The lowest BCUT2D eigenvalue weighted by atomic mass is 9.84. The van der Waals surface area contributed by atoms with Crippen LogP contribution in [0.2, 0.25) is 0 Å². The Labute approximate surface area is 101 Å². The Balaban J connectivity index is 2.23. The van der Waals surface area contributed by atoms with Crippen molar-refractivity contribution in [2.45, 2.75) is 40.0 Å². The zero-order chi connectivity index (χ0) is 12.0. The predicted octanol–water partition coefficient (Wildman–Crippen LogP) is 2.66. The summed E-state index contributed by atoms with van der Waals surface area (Å²) in [6.45, 7) is 16.7. The van der Waals surface area contributed by atoms with Crippen LogP contribution in [0.15, 0.2) is 12.2 Å². The van der Waals surface area contributed by atoms with E-state index in [1.165, 1.54) is 37.9 Å². The Morgan fingerprint density at radius 1 is 1.44 bits per heavy atom. The third-order valence-electron chi connectivity index (χ3n) is 3.23. The molecule has 0 bridgehead atoms. The monoisotopic (exact) mass is 224 g/mol. The molecule has 0 aliphatic carbocycles. The maximum atomic E-state index is 4.16. The highest BCUT2D eigenvalue weighted by atomic mass is 15.1. The van der Waals surface area contributed by atoms with Crippen molar-refractivity contribution in [3.8, 4) is 0 Å². The summed E-state index contributed by atoms with van der Waals surface area (Å²) in [4.78, 5) is 2.56. The van der Waals surface area contributed by atoms with Gasteiger partial charge in [0.15, 0.2) is 0 Å². The molecule has 2 nitrogen and oxygen atoms in total. The van der Waals surface area contributed by atoms with Crippen LogP contribution in [-0.4, -0.2) is 37.6 Å². The maximum Gasteiger partial charge on any atom is 0.0203 e. The quantitative estimate of drug-likeness (QED) is 0.551. The highest BCUT2D eigenvalue weighted by Gasteiger charge is 2.26. The summed E-state index contributed by atoms with van der Waals surface area (Å²) in [5, 5.41) is 3.42. The first-order valence-corrected chi connectivity index (χ1v) is 6.63. The van der Waals surface area contributed by atoms with Crippen LogP contribution < -0.4 is 5.32 Å². The van der Waals surface area contributed by atoms with Crippen molar-refractivity contribution in [2.75, 3.05) is 32.7 Å². The van der Waals surface area contributed by atoms with E-state index in [9.17, 15) is 0 Å². The van der Waals surface area contributed by atoms with Gasteiger partial charge in [-0.3, -0.25) is 4.90 Å². The molecule has 1 aliphatic rings. The van der Waals surface area contributed by atoms with Crippen molar-refractivity contribution in [3.05, 3.63) is 12.2 Å². The number of rotatable bonds is 6. The van der Waals surface area contributed by atoms with E-state index in [-0.39, 0.29) is 0 Å². The van der Waals surface area contributed by atoms with E-state index in [1.807, 2.05) is 0 Å². The first-order chi connectivity index (χ1) is 7.53. The second-order valence-electron chi connectivity index (χ2n) is 5.91. The SMILES string of the molecule is C=C(CNCCC)CN1CCCC(C)(C)C1. The molecule has 0 saturated carbocycles. The molecule has 0 spiro atoms. The standard InChI is InChI=1S/C14H28N2/c1-5-8-15-10-13(2)11-16-9-6-7-14(3,4)12-16/h15H,2,5-12H2,1,3-4H3. The third kappa shape index (κ3) is 5.13. The van der Waals surface area contributed by atoms with Gasteiger partial charge in [-0.05, 0) is 43.3 Å². The van der Waals surface area contributed by atoms with Crippen LogP contribution in [0.1, 0.15) is 40.0 Å². The van der Waals surface area contributed by atoms with Gasteiger partial charge in [0, 0.05) is 19.6 Å². The summed E-state index contributed by atoms with van der Waals surface area (Å²) < 4.78 is 0. The molecule has 0 atom stereocenters. The molecule has 0 unspecified atom stereocenters. The topological polar surface area (TPSA) is 15.3 Å². The van der Waals surface area contributed by atoms with Crippen LogP contribution in [0.5, 0.6) is 0 Å². The Morgan fingerprint density at radius 3 is 2.81 bits per heavy atom. The molecule has 16 heavy (non-hydrogen) atoms. The van der Waals surface area contributed by atoms with Crippen molar-refractivity contribution >= 4 is 0 Å². The number of nitrogens with zero attached hydrogens (tertiary/aromatic N) is 1. The van der Waals surface area contributed by atoms with Gasteiger partial charge in [0.05, 0.1) is 0 Å². The van der Waals surface area contributed by atoms with Crippen molar-refractivity contribution in [1.29, 1.82) is 0 Å². The van der Waals surface area contributed by atoms with Gasteiger partial charge in [-0.25, -0.2) is 0 Å². The van der Waals surface area contributed by atoms with Gasteiger partial charge in [0.2, 0.25) is 0 Å². The predicted molar refractivity (Wildman–Crippen MR) is 71.8 cm³/mol. The van der Waals surface area contributed by atoms with Gasteiger partial charge in [-0.15, -0.1) is 0 Å². The lowest BCUT2D eigenvalue weighted by molar-refractivity contribution is 0.126. The highest BCUT2D eigenvalue weighted by molar-refractivity contribution is 5.00. The Hall–Kier alpha value is -0.340. The summed E-state index contributed by atoms with van der Waals surface area (Å²) in [5.74, 6) is 0. The molecule has 1 saturated heterocycles. The van der Waals surface area contributed by atoms with Crippen LogP contribution >= 0.6 is 0 Å². The van der Waals surface area contributed by atoms with Crippen LogP contribution in [0.25, 0.3) is 0 Å². The molecule has 0 aromatic heterocycles. The van der Waals surface area contributed by atoms with Gasteiger partial charge < -0.3 is 5.32 Å². The summed E-state index contributed by atoms with van der Waals surface area (Å²) in [5.41, 5.74) is 1.82. The van der Waals surface area contributed by atoms with Crippen molar-refractivity contribution in [3.63, 3.8) is 0 Å². The first kappa shape index (κ1) is 13.7. The minimum absolute atomic E-state index is 0.495. The van der Waals surface area contributed by atoms with E-state index in [2.05, 4.69) is 37.6 Å². The molecule has 0 aromatic rings. The van der Waals surface area contributed by atoms with Crippen molar-refractivity contribution in [2.24, 2.45) is 5.41 Å². The number of piperidine rings is 1. The van der Waals surface area contributed by atoms with Gasteiger partial charge in [0.1, 0.15) is 0 Å². The van der Waals surface area contributed by atoms with Gasteiger partial charge in [-0.1, -0.05) is 27.4 Å². The van der Waals surface area contributed by atoms with Crippen molar-refractivity contribution < 1.29 is 0 Å². The van der Waals surface area contributed by atoms with Crippen LogP contribution in [0.4, 0.5) is 0 Å². The fraction of sp³-hybridized carbons (Fsp3) is 0.857. The van der Waals surface area contributed by atoms with E-state index in [0.717, 1.165) is 19.6 Å². The summed E-state index contributed by atoms with van der Waals surface area (Å²) in [6.07, 6.45) is 3.90. The van der Waals surface area contributed by atoms with Crippen molar-refractivity contribution in [1.82, 2.24) is 10.2 Å². The Morgan fingerprint density at radius 2 is 2.19 bits per heavy atom. The van der Waals surface area contributed by atoms with Crippen LogP contribution in [-0.2, 0) is 0 Å². The number of likely N-dealkylation sites (tertiary alicyclic amines) is 1. The lowest BCUT2D eigenvalue weighted by Crippen LogP contribution is -2.41. The summed E-state index contributed by atoms with van der Waals surface area (Å²) in [7, 11) is 0. The number of hydrogen-bond donors (Lipinski definition) is 1. The minimum Gasteiger partial charge on any atom is -0.313 e. The van der Waals surface area contributed by atoms with E-state index < -0.39 is 0 Å². The third-order valence-corrected chi connectivity index (χ3v) is 3.23.